The van der Waals surface area contributed by atoms with E-state index in [0.29, 0.717) is 13.2 Å². The van der Waals surface area contributed by atoms with Crippen molar-refractivity contribution in [3.63, 3.8) is 0 Å². The average molecular weight is 309 g/mol. The van der Waals surface area contributed by atoms with Crippen molar-refractivity contribution in [1.82, 2.24) is 9.88 Å². The fourth-order valence-electron chi connectivity index (χ4n) is 2.95. The summed E-state index contributed by atoms with van der Waals surface area (Å²) in [5.74, 6) is 0.172. The number of nitrogens with zero attached hydrogens (tertiary/aromatic N) is 2. The number of hydrogen-bond acceptors (Lipinski definition) is 5. The van der Waals surface area contributed by atoms with Crippen molar-refractivity contribution >= 4 is 22.4 Å². The minimum absolute atomic E-state index is 0.0770. The van der Waals surface area contributed by atoms with E-state index in [2.05, 4.69) is 20.6 Å². The Hall–Kier alpha value is -0.980. The first-order valence-electron chi connectivity index (χ1n) is 7.86. The summed E-state index contributed by atoms with van der Waals surface area (Å²) in [6, 6.07) is 0. The second kappa shape index (κ2) is 7.33. The second-order valence-corrected chi connectivity index (χ2v) is 6.71. The maximum absolute atomic E-state index is 12.2. The average Bonchev–Trinajstić information content (AvgIpc) is 2.96. The van der Waals surface area contributed by atoms with Gasteiger partial charge in [-0.05, 0) is 38.8 Å². The van der Waals surface area contributed by atoms with E-state index >= 15 is 0 Å². The number of piperidine rings is 1. The molecule has 0 radical (unpaired) electrons. The molecule has 0 aliphatic carbocycles. The molecule has 2 fully saturated rings. The van der Waals surface area contributed by atoms with Crippen molar-refractivity contribution < 1.29 is 9.53 Å². The molecule has 21 heavy (non-hydrogen) atoms. The molecule has 1 aromatic heterocycles. The lowest BCUT2D eigenvalue weighted by molar-refractivity contribution is -0.122. The van der Waals surface area contributed by atoms with Crippen molar-refractivity contribution in [1.29, 1.82) is 0 Å². The van der Waals surface area contributed by atoms with Gasteiger partial charge in [0.1, 0.15) is 0 Å². The molecule has 3 heterocycles. The van der Waals surface area contributed by atoms with Gasteiger partial charge in [0, 0.05) is 31.1 Å². The molecular weight excluding hydrogens is 286 g/mol. The molecule has 2 aliphatic heterocycles. The SMILES string of the molecule is O=C(Nc1nc(CN2CCCCC2)cs1)C1CCOCC1. The Labute approximate surface area is 129 Å². The maximum Gasteiger partial charge on any atom is 0.229 e. The van der Waals surface area contributed by atoms with Gasteiger partial charge in [0.25, 0.3) is 0 Å². The van der Waals surface area contributed by atoms with Gasteiger partial charge in [0.05, 0.1) is 5.69 Å². The van der Waals surface area contributed by atoms with E-state index in [0.717, 1.165) is 30.2 Å². The van der Waals surface area contributed by atoms with Crippen molar-refractivity contribution in [2.24, 2.45) is 5.92 Å². The third-order valence-electron chi connectivity index (χ3n) is 4.21. The molecule has 1 N–H and O–H groups in total. The number of nitrogens with one attached hydrogen (secondary N) is 1. The molecule has 0 bridgehead atoms. The Kier molecular flexibility index (Phi) is 5.22. The maximum atomic E-state index is 12.2. The Bertz CT molecular complexity index is 465. The van der Waals surface area contributed by atoms with Crippen LogP contribution in [-0.4, -0.2) is 42.1 Å². The number of ether oxygens (including phenoxy) is 1. The zero-order chi connectivity index (χ0) is 14.5. The number of amides is 1. The first-order valence-corrected chi connectivity index (χ1v) is 8.74. The van der Waals surface area contributed by atoms with Gasteiger partial charge < -0.3 is 10.1 Å². The minimum atomic E-state index is 0.0770. The Morgan fingerprint density at radius 2 is 2.10 bits per heavy atom. The van der Waals surface area contributed by atoms with Crippen LogP contribution in [0, 0.1) is 5.92 Å². The van der Waals surface area contributed by atoms with Gasteiger partial charge in [-0.1, -0.05) is 6.42 Å². The topological polar surface area (TPSA) is 54.5 Å². The van der Waals surface area contributed by atoms with E-state index < -0.39 is 0 Å². The molecule has 2 aliphatic rings. The molecule has 0 saturated carbocycles. The third kappa shape index (κ3) is 4.25. The predicted octanol–water partition coefficient (Wildman–Crippen LogP) is 2.49. The lowest BCUT2D eigenvalue weighted by Gasteiger charge is -2.25. The van der Waals surface area contributed by atoms with Crippen LogP contribution in [0.5, 0.6) is 0 Å². The molecule has 1 aromatic rings. The molecule has 2 saturated heterocycles. The first-order chi connectivity index (χ1) is 10.3. The minimum Gasteiger partial charge on any atom is -0.381 e. The summed E-state index contributed by atoms with van der Waals surface area (Å²) in [6.45, 7) is 4.62. The van der Waals surface area contributed by atoms with E-state index in [1.807, 2.05) is 0 Å². The standard InChI is InChI=1S/C15H23N3O2S/c19-14(12-4-8-20-9-5-12)17-15-16-13(11-21-15)10-18-6-2-1-3-7-18/h11-12H,1-10H2,(H,16,17,19). The number of aromatic nitrogens is 1. The van der Waals surface area contributed by atoms with Crippen LogP contribution in [0.15, 0.2) is 5.38 Å². The van der Waals surface area contributed by atoms with Gasteiger partial charge in [0.2, 0.25) is 5.91 Å². The summed E-state index contributed by atoms with van der Waals surface area (Å²) in [5, 5.41) is 5.76. The van der Waals surface area contributed by atoms with Crippen LogP contribution < -0.4 is 5.32 Å². The van der Waals surface area contributed by atoms with Gasteiger partial charge in [-0.25, -0.2) is 4.98 Å². The van der Waals surface area contributed by atoms with Crippen LogP contribution in [0.25, 0.3) is 0 Å². The summed E-state index contributed by atoms with van der Waals surface area (Å²) in [7, 11) is 0. The summed E-state index contributed by atoms with van der Waals surface area (Å²) >= 11 is 1.53. The fraction of sp³-hybridized carbons (Fsp3) is 0.733. The van der Waals surface area contributed by atoms with Crippen molar-refractivity contribution in [2.45, 2.75) is 38.6 Å². The fourth-order valence-corrected chi connectivity index (χ4v) is 3.66. The highest BCUT2D eigenvalue weighted by Crippen LogP contribution is 2.21. The van der Waals surface area contributed by atoms with Crippen LogP contribution in [-0.2, 0) is 16.1 Å². The largest absolute Gasteiger partial charge is 0.381 e. The number of carbonyl (C=O) groups excluding carboxylic acids is 1. The predicted molar refractivity (Wildman–Crippen MR) is 83.4 cm³/mol. The number of thiazole rings is 1. The highest BCUT2D eigenvalue weighted by molar-refractivity contribution is 7.13. The summed E-state index contributed by atoms with van der Waals surface area (Å²) in [4.78, 5) is 19.2. The second-order valence-electron chi connectivity index (χ2n) is 5.86. The van der Waals surface area contributed by atoms with Gasteiger partial charge in [-0.15, -0.1) is 11.3 Å². The van der Waals surface area contributed by atoms with Crippen molar-refractivity contribution in [3.05, 3.63) is 11.1 Å². The first kappa shape index (κ1) is 14.9. The van der Waals surface area contributed by atoms with E-state index in [9.17, 15) is 4.79 Å². The van der Waals surface area contributed by atoms with Crippen LogP contribution in [0.4, 0.5) is 5.13 Å². The Balaban J connectivity index is 1.50. The van der Waals surface area contributed by atoms with E-state index in [1.165, 1.54) is 43.7 Å². The number of rotatable bonds is 4. The Morgan fingerprint density at radius 3 is 2.86 bits per heavy atom. The van der Waals surface area contributed by atoms with E-state index in [1.54, 1.807) is 0 Å². The van der Waals surface area contributed by atoms with Crippen LogP contribution in [0.3, 0.4) is 0 Å². The molecule has 0 unspecified atom stereocenters. The highest BCUT2D eigenvalue weighted by Gasteiger charge is 2.22. The number of hydrogen-bond donors (Lipinski definition) is 1. The lowest BCUT2D eigenvalue weighted by Crippen LogP contribution is -2.29. The highest BCUT2D eigenvalue weighted by atomic mass is 32.1. The van der Waals surface area contributed by atoms with E-state index in [4.69, 9.17) is 4.74 Å². The quantitative estimate of drug-likeness (QED) is 0.928. The van der Waals surface area contributed by atoms with Gasteiger partial charge in [-0.3, -0.25) is 9.69 Å². The molecule has 0 atom stereocenters. The number of anilines is 1. The van der Waals surface area contributed by atoms with Gasteiger partial charge in [0.15, 0.2) is 5.13 Å². The molecule has 116 valence electrons. The lowest BCUT2D eigenvalue weighted by atomic mass is 10.00. The molecule has 0 spiro atoms. The normalized spacial score (nSPS) is 21.3. The van der Waals surface area contributed by atoms with Crippen molar-refractivity contribution in [3.8, 4) is 0 Å². The van der Waals surface area contributed by atoms with Crippen LogP contribution in [0.1, 0.15) is 37.8 Å². The van der Waals surface area contributed by atoms with Gasteiger partial charge >= 0.3 is 0 Å². The Morgan fingerprint density at radius 1 is 1.33 bits per heavy atom. The molecule has 1 amide bonds. The summed E-state index contributed by atoms with van der Waals surface area (Å²) in [5.41, 5.74) is 1.07. The smallest absolute Gasteiger partial charge is 0.229 e. The van der Waals surface area contributed by atoms with Crippen molar-refractivity contribution in [2.75, 3.05) is 31.6 Å². The summed E-state index contributed by atoms with van der Waals surface area (Å²) in [6.07, 6.45) is 5.56. The van der Waals surface area contributed by atoms with Crippen LogP contribution in [0.2, 0.25) is 0 Å². The number of likely N-dealkylation sites (tertiary alicyclic amines) is 1. The zero-order valence-electron chi connectivity index (χ0n) is 12.3. The summed E-state index contributed by atoms with van der Waals surface area (Å²) < 4.78 is 5.29. The molecule has 3 rings (SSSR count). The number of carbonyl (C=O) groups is 1. The zero-order valence-corrected chi connectivity index (χ0v) is 13.2. The molecule has 6 heteroatoms. The molecule has 5 nitrogen and oxygen atoms in total. The third-order valence-corrected chi connectivity index (χ3v) is 5.01. The van der Waals surface area contributed by atoms with Gasteiger partial charge in [-0.2, -0.15) is 0 Å². The van der Waals surface area contributed by atoms with Crippen LogP contribution >= 0.6 is 11.3 Å². The molecule has 0 aromatic carbocycles. The molecular formula is C15H23N3O2S. The monoisotopic (exact) mass is 309 g/mol. The van der Waals surface area contributed by atoms with E-state index in [-0.39, 0.29) is 11.8 Å².